The SMILES string of the molecule is Cc1ccccc1N/C(=N/c1nc(NCCCO)nc(N2CCOCC2)n1)C(F)F. The highest BCUT2D eigenvalue weighted by atomic mass is 19.3. The molecule has 2 heterocycles. The molecule has 0 aliphatic carbocycles. The van der Waals surface area contributed by atoms with E-state index < -0.39 is 12.3 Å². The molecule has 30 heavy (non-hydrogen) atoms. The zero-order chi connectivity index (χ0) is 21.3. The van der Waals surface area contributed by atoms with Crippen LogP contribution in [-0.2, 0) is 4.74 Å². The van der Waals surface area contributed by atoms with Crippen molar-refractivity contribution in [3.8, 4) is 0 Å². The number of hydrogen-bond acceptors (Lipinski definition) is 8. The Labute approximate surface area is 173 Å². The van der Waals surface area contributed by atoms with Crippen molar-refractivity contribution in [2.24, 2.45) is 4.99 Å². The molecule has 0 amide bonds. The van der Waals surface area contributed by atoms with E-state index >= 15 is 0 Å². The van der Waals surface area contributed by atoms with E-state index in [0.717, 1.165) is 5.56 Å². The predicted molar refractivity (Wildman–Crippen MR) is 111 cm³/mol. The van der Waals surface area contributed by atoms with Gasteiger partial charge in [-0.25, -0.2) is 8.78 Å². The minimum Gasteiger partial charge on any atom is -0.396 e. The normalized spacial score (nSPS) is 14.8. The number of nitrogens with one attached hydrogen (secondary N) is 2. The number of aromatic nitrogens is 3. The number of nitrogens with zero attached hydrogens (tertiary/aromatic N) is 5. The van der Waals surface area contributed by atoms with E-state index in [9.17, 15) is 8.78 Å². The molecule has 1 aromatic carbocycles. The van der Waals surface area contributed by atoms with Crippen molar-refractivity contribution in [2.45, 2.75) is 19.8 Å². The summed E-state index contributed by atoms with van der Waals surface area (Å²) in [6, 6.07) is 7.08. The molecule has 3 rings (SSSR count). The van der Waals surface area contributed by atoms with E-state index in [1.165, 1.54) is 0 Å². The fraction of sp³-hybridized carbons (Fsp3) is 0.474. The first-order valence-electron chi connectivity index (χ1n) is 9.69. The molecular formula is C19H25F2N7O2. The molecule has 9 nitrogen and oxygen atoms in total. The number of benzene rings is 1. The molecule has 0 saturated carbocycles. The third kappa shape index (κ3) is 6.04. The highest BCUT2D eigenvalue weighted by Crippen LogP contribution is 2.20. The average Bonchev–Trinajstić information content (AvgIpc) is 2.75. The minimum absolute atomic E-state index is 0.00922. The molecule has 0 atom stereocenters. The van der Waals surface area contributed by atoms with Crippen molar-refractivity contribution in [3.63, 3.8) is 0 Å². The van der Waals surface area contributed by atoms with Crippen LogP contribution < -0.4 is 15.5 Å². The Bertz CT molecular complexity index is 861. The van der Waals surface area contributed by atoms with Crippen molar-refractivity contribution in [2.75, 3.05) is 55.0 Å². The first kappa shape index (κ1) is 21.8. The summed E-state index contributed by atoms with van der Waals surface area (Å²) in [6.45, 7) is 4.45. The Morgan fingerprint density at radius 3 is 2.70 bits per heavy atom. The second kappa shape index (κ2) is 10.7. The van der Waals surface area contributed by atoms with E-state index in [2.05, 4.69) is 30.6 Å². The van der Waals surface area contributed by atoms with Gasteiger partial charge in [0.25, 0.3) is 12.4 Å². The second-order valence-electron chi connectivity index (χ2n) is 6.60. The molecule has 1 aliphatic rings. The highest BCUT2D eigenvalue weighted by molar-refractivity contribution is 5.99. The summed E-state index contributed by atoms with van der Waals surface area (Å²) < 4.78 is 32.7. The number of alkyl halides is 2. The molecule has 1 fully saturated rings. The van der Waals surface area contributed by atoms with Gasteiger partial charge in [-0.2, -0.15) is 19.9 Å². The summed E-state index contributed by atoms with van der Waals surface area (Å²) in [6.07, 6.45) is -2.35. The van der Waals surface area contributed by atoms with Crippen LogP contribution in [0.15, 0.2) is 29.3 Å². The Kier molecular flexibility index (Phi) is 7.80. The molecule has 3 N–H and O–H groups in total. The highest BCUT2D eigenvalue weighted by Gasteiger charge is 2.19. The number of halogens is 2. The number of aryl methyl sites for hydroxylation is 1. The molecule has 162 valence electrons. The summed E-state index contributed by atoms with van der Waals surface area (Å²) in [5.74, 6) is -0.134. The summed E-state index contributed by atoms with van der Waals surface area (Å²) in [7, 11) is 0. The van der Waals surface area contributed by atoms with Crippen LogP contribution in [0.3, 0.4) is 0 Å². The van der Waals surface area contributed by atoms with Crippen molar-refractivity contribution in [1.82, 2.24) is 15.0 Å². The van der Waals surface area contributed by atoms with E-state index in [1.54, 1.807) is 12.1 Å². The van der Waals surface area contributed by atoms with E-state index in [-0.39, 0.29) is 18.5 Å². The van der Waals surface area contributed by atoms with Crippen LogP contribution in [0.25, 0.3) is 0 Å². The van der Waals surface area contributed by atoms with Crippen molar-refractivity contribution >= 4 is 29.4 Å². The largest absolute Gasteiger partial charge is 0.396 e. The van der Waals surface area contributed by atoms with Crippen LogP contribution in [-0.4, -0.2) is 71.8 Å². The van der Waals surface area contributed by atoms with Gasteiger partial charge in [-0.05, 0) is 25.0 Å². The fourth-order valence-corrected chi connectivity index (χ4v) is 2.76. The maximum Gasteiger partial charge on any atom is 0.295 e. The maximum absolute atomic E-state index is 13.7. The summed E-state index contributed by atoms with van der Waals surface area (Å²) in [5, 5.41) is 14.6. The number of ether oxygens (including phenoxy) is 1. The quantitative estimate of drug-likeness (QED) is 0.338. The lowest BCUT2D eigenvalue weighted by Crippen LogP contribution is -2.37. The van der Waals surface area contributed by atoms with Crippen LogP contribution in [0.1, 0.15) is 12.0 Å². The average molecular weight is 421 g/mol. The van der Waals surface area contributed by atoms with Gasteiger partial charge in [-0.1, -0.05) is 18.2 Å². The zero-order valence-corrected chi connectivity index (χ0v) is 16.7. The van der Waals surface area contributed by atoms with E-state index in [4.69, 9.17) is 9.84 Å². The smallest absolute Gasteiger partial charge is 0.295 e. The van der Waals surface area contributed by atoms with Crippen molar-refractivity contribution < 1.29 is 18.6 Å². The molecule has 11 heteroatoms. The fourth-order valence-electron chi connectivity index (χ4n) is 2.76. The Morgan fingerprint density at radius 2 is 2.00 bits per heavy atom. The number of para-hydroxylation sites is 1. The van der Waals surface area contributed by atoms with Crippen molar-refractivity contribution in [1.29, 1.82) is 0 Å². The number of hydrogen-bond donors (Lipinski definition) is 3. The standard InChI is InChI=1S/C19H25F2N7O2/c1-13-5-2-3-6-14(13)23-16(15(20)21)24-18-25-17(22-7-4-10-29)26-19(27-18)28-8-11-30-12-9-28/h2-3,5-6,15,29H,4,7-12H2,1H3,(H2,22,23,24,25,26,27). The van der Waals surface area contributed by atoms with Gasteiger partial charge >= 0.3 is 0 Å². The Balaban J connectivity index is 1.91. The van der Waals surface area contributed by atoms with Gasteiger partial charge < -0.3 is 25.4 Å². The lowest BCUT2D eigenvalue weighted by molar-refractivity contribution is 0.122. The number of aliphatic imine (C=N–C) groups is 1. The molecule has 1 aliphatic heterocycles. The molecule has 0 bridgehead atoms. The van der Waals surface area contributed by atoms with Crippen LogP contribution in [0.5, 0.6) is 0 Å². The molecule has 0 spiro atoms. The van der Waals surface area contributed by atoms with Crippen LogP contribution in [0.4, 0.5) is 32.3 Å². The van der Waals surface area contributed by atoms with Crippen molar-refractivity contribution in [3.05, 3.63) is 29.8 Å². The number of aliphatic hydroxyl groups is 1. The van der Waals surface area contributed by atoms with Gasteiger partial charge in [0.05, 0.1) is 13.2 Å². The third-order valence-corrected chi connectivity index (χ3v) is 4.36. The molecule has 1 saturated heterocycles. The van der Waals surface area contributed by atoms with Crippen LogP contribution in [0.2, 0.25) is 0 Å². The van der Waals surface area contributed by atoms with Crippen LogP contribution >= 0.6 is 0 Å². The molecule has 0 unspecified atom stereocenters. The third-order valence-electron chi connectivity index (χ3n) is 4.36. The van der Waals surface area contributed by atoms with Gasteiger partial charge in [0.2, 0.25) is 11.9 Å². The van der Waals surface area contributed by atoms with Gasteiger partial charge in [0, 0.05) is 31.9 Å². The summed E-state index contributed by atoms with van der Waals surface area (Å²) in [5.41, 5.74) is 1.34. The molecular weight excluding hydrogens is 396 g/mol. The van der Waals surface area contributed by atoms with E-state index in [1.807, 2.05) is 24.0 Å². The summed E-state index contributed by atoms with van der Waals surface area (Å²) >= 11 is 0. The zero-order valence-electron chi connectivity index (χ0n) is 16.7. The number of amidine groups is 1. The Morgan fingerprint density at radius 1 is 1.23 bits per heavy atom. The number of rotatable bonds is 8. The number of anilines is 3. The first-order chi connectivity index (χ1) is 14.6. The lowest BCUT2D eigenvalue weighted by atomic mass is 10.2. The number of morpholine rings is 1. The van der Waals surface area contributed by atoms with Gasteiger partial charge in [-0.3, -0.25) is 0 Å². The Hall–Kier alpha value is -2.92. The second-order valence-corrected chi connectivity index (χ2v) is 6.60. The maximum atomic E-state index is 13.7. The molecule has 2 aromatic rings. The predicted octanol–water partition coefficient (Wildman–Crippen LogP) is 2.22. The van der Waals surface area contributed by atoms with Crippen LogP contribution in [0, 0.1) is 6.92 Å². The minimum atomic E-state index is -2.85. The first-order valence-corrected chi connectivity index (χ1v) is 9.69. The number of aliphatic hydroxyl groups excluding tert-OH is 1. The topological polar surface area (TPSA) is 108 Å². The molecule has 0 radical (unpaired) electrons. The summed E-state index contributed by atoms with van der Waals surface area (Å²) in [4.78, 5) is 18.7. The monoisotopic (exact) mass is 421 g/mol. The van der Waals surface area contributed by atoms with Gasteiger partial charge in [-0.15, -0.1) is 0 Å². The van der Waals surface area contributed by atoms with Gasteiger partial charge in [0.1, 0.15) is 0 Å². The lowest BCUT2D eigenvalue weighted by Gasteiger charge is -2.26. The van der Waals surface area contributed by atoms with Gasteiger partial charge in [0.15, 0.2) is 5.84 Å². The van der Waals surface area contributed by atoms with E-state index in [0.29, 0.717) is 50.9 Å². The molecule has 1 aromatic heterocycles.